The van der Waals surface area contributed by atoms with Gasteiger partial charge in [-0.2, -0.15) is 0 Å². The molecule has 0 aliphatic rings. The van der Waals surface area contributed by atoms with Crippen molar-refractivity contribution >= 4 is 11.3 Å². The predicted molar refractivity (Wildman–Crippen MR) is 51.6 cm³/mol. The first-order valence-electron chi connectivity index (χ1n) is 4.22. The van der Waals surface area contributed by atoms with Gasteiger partial charge in [-0.25, -0.2) is 4.98 Å². The third kappa shape index (κ3) is 2.57. The quantitative estimate of drug-likeness (QED) is 0.783. The van der Waals surface area contributed by atoms with Gasteiger partial charge < -0.3 is 5.11 Å². The normalized spacial score (nSPS) is 13.8. The van der Waals surface area contributed by atoms with Crippen molar-refractivity contribution in [2.45, 2.75) is 39.2 Å². The summed E-state index contributed by atoms with van der Waals surface area (Å²) in [6.45, 7) is 6.06. The number of hydrogen-bond donors (Lipinski definition) is 1. The molecule has 0 saturated carbocycles. The lowest BCUT2D eigenvalue weighted by molar-refractivity contribution is 0.196. The summed E-state index contributed by atoms with van der Waals surface area (Å²) in [5.74, 6) is 0.498. The summed E-state index contributed by atoms with van der Waals surface area (Å²) in [5, 5.41) is 10.3. The van der Waals surface area contributed by atoms with Gasteiger partial charge in [0.15, 0.2) is 0 Å². The van der Waals surface area contributed by atoms with E-state index in [0.717, 1.165) is 11.4 Å². The Kier molecular flexibility index (Phi) is 3.23. The van der Waals surface area contributed by atoms with Gasteiger partial charge in [0.05, 0.1) is 11.1 Å². The van der Waals surface area contributed by atoms with Gasteiger partial charge in [0.25, 0.3) is 0 Å². The Hall–Kier alpha value is -0.410. The summed E-state index contributed by atoms with van der Waals surface area (Å²) in [4.78, 5) is 5.45. The molecule has 3 heteroatoms. The Morgan fingerprint density at radius 1 is 1.50 bits per heavy atom. The fraction of sp³-hybridized carbons (Fsp3) is 0.667. The maximum absolute atomic E-state index is 9.13. The zero-order valence-corrected chi connectivity index (χ0v) is 8.56. The molecule has 0 bridgehead atoms. The van der Waals surface area contributed by atoms with E-state index in [1.165, 1.54) is 4.88 Å². The fourth-order valence-electron chi connectivity index (χ4n) is 0.975. The van der Waals surface area contributed by atoms with Crippen molar-refractivity contribution in [2.24, 2.45) is 0 Å². The summed E-state index contributed by atoms with van der Waals surface area (Å²) < 4.78 is 0. The number of thiazole rings is 1. The Morgan fingerprint density at radius 2 is 2.17 bits per heavy atom. The lowest BCUT2D eigenvalue weighted by atomic mass is 10.2. The highest BCUT2D eigenvalue weighted by molar-refractivity contribution is 7.11. The molecule has 68 valence electrons. The number of rotatable bonds is 3. The topological polar surface area (TPSA) is 33.1 Å². The van der Waals surface area contributed by atoms with E-state index in [1.54, 1.807) is 18.3 Å². The van der Waals surface area contributed by atoms with E-state index < -0.39 is 0 Å². The van der Waals surface area contributed by atoms with E-state index in [1.807, 2.05) is 6.20 Å². The monoisotopic (exact) mass is 185 g/mol. The van der Waals surface area contributed by atoms with Gasteiger partial charge in [-0.1, -0.05) is 13.8 Å². The molecule has 1 aromatic rings. The third-order valence-electron chi connectivity index (χ3n) is 1.56. The van der Waals surface area contributed by atoms with Gasteiger partial charge >= 0.3 is 0 Å². The maximum atomic E-state index is 9.13. The molecule has 0 amide bonds. The molecule has 1 aromatic heterocycles. The van der Waals surface area contributed by atoms with Gasteiger partial charge in [0, 0.05) is 23.4 Å². The van der Waals surface area contributed by atoms with E-state index in [9.17, 15) is 0 Å². The molecule has 12 heavy (non-hydrogen) atoms. The number of nitrogens with zero attached hydrogens (tertiary/aromatic N) is 1. The van der Waals surface area contributed by atoms with Crippen LogP contribution in [0.2, 0.25) is 0 Å². The third-order valence-corrected chi connectivity index (χ3v) is 2.88. The second kappa shape index (κ2) is 4.01. The molecule has 0 aliphatic heterocycles. The van der Waals surface area contributed by atoms with Crippen molar-refractivity contribution in [1.29, 1.82) is 0 Å². The van der Waals surface area contributed by atoms with E-state index in [0.29, 0.717) is 5.92 Å². The zero-order valence-electron chi connectivity index (χ0n) is 7.74. The van der Waals surface area contributed by atoms with Crippen LogP contribution in [0.15, 0.2) is 6.20 Å². The summed E-state index contributed by atoms with van der Waals surface area (Å²) in [6.07, 6.45) is 2.34. The highest BCUT2D eigenvalue weighted by atomic mass is 32.1. The molecule has 0 fully saturated rings. The SMILES string of the molecule is CC(O)Cc1cnc(C(C)C)s1. The predicted octanol–water partition coefficient (Wildman–Crippen LogP) is 2.19. The largest absolute Gasteiger partial charge is 0.393 e. The minimum absolute atomic E-state index is 0.259. The van der Waals surface area contributed by atoms with Gasteiger partial charge in [-0.15, -0.1) is 11.3 Å². The molecule has 0 aliphatic carbocycles. The second-order valence-corrected chi connectivity index (χ2v) is 4.52. The van der Waals surface area contributed by atoms with Crippen LogP contribution < -0.4 is 0 Å². The average Bonchev–Trinajstić information content (AvgIpc) is 2.34. The van der Waals surface area contributed by atoms with Crippen LogP contribution in [0, 0.1) is 0 Å². The molecule has 1 atom stereocenters. The van der Waals surface area contributed by atoms with Crippen LogP contribution in [0.3, 0.4) is 0 Å². The van der Waals surface area contributed by atoms with Crippen LogP contribution in [0.4, 0.5) is 0 Å². The molecule has 2 nitrogen and oxygen atoms in total. The summed E-state index contributed by atoms with van der Waals surface area (Å²) in [6, 6.07) is 0. The van der Waals surface area contributed by atoms with Crippen molar-refractivity contribution < 1.29 is 5.11 Å². The Bertz CT molecular complexity index is 242. The first-order valence-corrected chi connectivity index (χ1v) is 5.04. The number of hydrogen-bond acceptors (Lipinski definition) is 3. The molecule has 1 heterocycles. The highest BCUT2D eigenvalue weighted by Crippen LogP contribution is 2.21. The highest BCUT2D eigenvalue weighted by Gasteiger charge is 2.06. The van der Waals surface area contributed by atoms with Crippen molar-refractivity contribution in [2.75, 3.05) is 0 Å². The van der Waals surface area contributed by atoms with Crippen LogP contribution in [0.25, 0.3) is 0 Å². The first-order chi connectivity index (χ1) is 5.59. The van der Waals surface area contributed by atoms with Crippen LogP contribution >= 0.6 is 11.3 Å². The summed E-state index contributed by atoms with van der Waals surface area (Å²) in [7, 11) is 0. The summed E-state index contributed by atoms with van der Waals surface area (Å²) >= 11 is 1.70. The van der Waals surface area contributed by atoms with Crippen molar-refractivity contribution in [3.05, 3.63) is 16.1 Å². The number of aliphatic hydroxyl groups excluding tert-OH is 1. The number of aromatic nitrogens is 1. The lowest BCUT2D eigenvalue weighted by Gasteiger charge is -1.99. The molecule has 1 rings (SSSR count). The maximum Gasteiger partial charge on any atom is 0.0953 e. The Morgan fingerprint density at radius 3 is 2.58 bits per heavy atom. The first kappa shape index (κ1) is 9.68. The molecule has 0 spiro atoms. The average molecular weight is 185 g/mol. The Labute approximate surface area is 77.3 Å². The van der Waals surface area contributed by atoms with Crippen LogP contribution in [-0.2, 0) is 6.42 Å². The van der Waals surface area contributed by atoms with E-state index in [2.05, 4.69) is 18.8 Å². The minimum atomic E-state index is -0.259. The molecule has 0 aromatic carbocycles. The fourth-order valence-corrected chi connectivity index (χ4v) is 2.01. The molecular weight excluding hydrogens is 170 g/mol. The van der Waals surface area contributed by atoms with Crippen LogP contribution in [0.1, 0.15) is 36.6 Å². The van der Waals surface area contributed by atoms with E-state index in [4.69, 9.17) is 5.11 Å². The van der Waals surface area contributed by atoms with E-state index >= 15 is 0 Å². The van der Waals surface area contributed by atoms with Crippen molar-refractivity contribution in [3.8, 4) is 0 Å². The van der Waals surface area contributed by atoms with Gasteiger partial charge in [-0.05, 0) is 6.92 Å². The minimum Gasteiger partial charge on any atom is -0.393 e. The van der Waals surface area contributed by atoms with Crippen LogP contribution in [-0.4, -0.2) is 16.2 Å². The van der Waals surface area contributed by atoms with Crippen LogP contribution in [0.5, 0.6) is 0 Å². The second-order valence-electron chi connectivity index (χ2n) is 3.37. The van der Waals surface area contributed by atoms with Gasteiger partial charge in [0.2, 0.25) is 0 Å². The lowest BCUT2D eigenvalue weighted by Crippen LogP contribution is -2.01. The van der Waals surface area contributed by atoms with Gasteiger partial charge in [0.1, 0.15) is 0 Å². The van der Waals surface area contributed by atoms with Gasteiger partial charge in [-0.3, -0.25) is 0 Å². The summed E-state index contributed by atoms with van der Waals surface area (Å²) in [5.41, 5.74) is 0. The van der Waals surface area contributed by atoms with Crippen molar-refractivity contribution in [3.63, 3.8) is 0 Å². The molecular formula is C9H15NOS. The number of aliphatic hydroxyl groups is 1. The molecule has 1 unspecified atom stereocenters. The van der Waals surface area contributed by atoms with Crippen molar-refractivity contribution in [1.82, 2.24) is 4.98 Å². The standard InChI is InChI=1S/C9H15NOS/c1-6(2)9-10-5-8(12-9)4-7(3)11/h5-7,11H,4H2,1-3H3. The zero-order chi connectivity index (χ0) is 9.14. The smallest absolute Gasteiger partial charge is 0.0953 e. The molecule has 0 radical (unpaired) electrons. The Balaban J connectivity index is 2.64. The molecule has 1 N–H and O–H groups in total. The molecule has 0 saturated heterocycles. The van der Waals surface area contributed by atoms with E-state index in [-0.39, 0.29) is 6.10 Å².